The molecule has 7 nitrogen and oxygen atoms in total. The molecule has 22 heavy (non-hydrogen) atoms. The molecule has 1 aromatic heterocycles. The van der Waals surface area contributed by atoms with Gasteiger partial charge < -0.3 is 19.9 Å². The lowest BCUT2D eigenvalue weighted by atomic mass is 10.0. The van der Waals surface area contributed by atoms with Gasteiger partial charge in [-0.05, 0) is 18.6 Å². The fourth-order valence-electron chi connectivity index (χ4n) is 2.83. The highest BCUT2D eigenvalue weighted by atomic mass is 16.5. The summed E-state index contributed by atoms with van der Waals surface area (Å²) in [7, 11) is 3.42. The highest BCUT2D eigenvalue weighted by molar-refractivity contribution is 5.92. The van der Waals surface area contributed by atoms with Crippen LogP contribution in [0.4, 0.5) is 5.82 Å². The predicted molar refractivity (Wildman–Crippen MR) is 80.8 cm³/mol. The van der Waals surface area contributed by atoms with Gasteiger partial charge in [0.2, 0.25) is 5.91 Å². The van der Waals surface area contributed by atoms with E-state index in [9.17, 15) is 9.59 Å². The van der Waals surface area contributed by atoms with E-state index in [0.29, 0.717) is 18.8 Å². The lowest BCUT2D eigenvalue weighted by Crippen LogP contribution is -2.53. The summed E-state index contributed by atoms with van der Waals surface area (Å²) in [5.74, 6) is 0.586. The second-order valence-electron chi connectivity index (χ2n) is 6.00. The number of carbonyl (C=O) groups is 2. The largest absolute Gasteiger partial charge is 0.361 e. The molecule has 3 rings (SSSR count). The second kappa shape index (κ2) is 5.57. The van der Waals surface area contributed by atoms with Crippen molar-refractivity contribution in [1.29, 1.82) is 0 Å². The molecule has 2 saturated heterocycles. The summed E-state index contributed by atoms with van der Waals surface area (Å²) in [6, 6.07) is 5.45. The Hall–Kier alpha value is -2.15. The Morgan fingerprint density at radius 3 is 2.95 bits per heavy atom. The van der Waals surface area contributed by atoms with Crippen molar-refractivity contribution in [3.05, 3.63) is 23.9 Å². The van der Waals surface area contributed by atoms with E-state index in [-0.39, 0.29) is 24.0 Å². The molecule has 1 N–H and O–H groups in total. The second-order valence-corrected chi connectivity index (χ2v) is 6.00. The van der Waals surface area contributed by atoms with Gasteiger partial charge in [-0.2, -0.15) is 0 Å². The molecular formula is C15H20N4O3. The summed E-state index contributed by atoms with van der Waals surface area (Å²) < 4.78 is 5.75. The Labute approximate surface area is 129 Å². The zero-order valence-corrected chi connectivity index (χ0v) is 12.8. The molecule has 1 spiro atoms. The quantitative estimate of drug-likeness (QED) is 0.824. The van der Waals surface area contributed by atoms with Gasteiger partial charge in [-0.15, -0.1) is 0 Å². The van der Waals surface area contributed by atoms with E-state index in [2.05, 4.69) is 15.2 Å². The number of ether oxygens (including phenoxy) is 1. The third-order valence-electron chi connectivity index (χ3n) is 4.12. The minimum atomic E-state index is -0.336. The molecule has 2 amide bonds. The number of pyridine rings is 1. The van der Waals surface area contributed by atoms with Crippen LogP contribution in [0.1, 0.15) is 16.9 Å². The van der Waals surface area contributed by atoms with Crippen molar-refractivity contribution in [2.75, 3.05) is 45.2 Å². The van der Waals surface area contributed by atoms with Crippen LogP contribution in [0.25, 0.3) is 0 Å². The van der Waals surface area contributed by atoms with Crippen molar-refractivity contribution < 1.29 is 14.3 Å². The molecule has 2 aliphatic heterocycles. The third kappa shape index (κ3) is 2.76. The van der Waals surface area contributed by atoms with Gasteiger partial charge in [-0.3, -0.25) is 9.59 Å². The van der Waals surface area contributed by atoms with E-state index in [0.717, 1.165) is 18.8 Å². The third-order valence-corrected chi connectivity index (χ3v) is 4.12. The Morgan fingerprint density at radius 1 is 1.45 bits per heavy atom. The number of nitrogens with one attached hydrogen (secondary N) is 1. The van der Waals surface area contributed by atoms with Crippen molar-refractivity contribution in [2.24, 2.45) is 0 Å². The monoisotopic (exact) mass is 304 g/mol. The van der Waals surface area contributed by atoms with Crippen molar-refractivity contribution in [2.45, 2.75) is 12.0 Å². The number of nitrogens with zero attached hydrogens (tertiary/aromatic N) is 3. The first kappa shape index (κ1) is 14.8. The molecule has 0 radical (unpaired) electrons. The Bertz CT molecular complexity index is 592. The predicted octanol–water partition coefficient (Wildman–Crippen LogP) is -0.121. The van der Waals surface area contributed by atoms with Crippen molar-refractivity contribution in [3.63, 3.8) is 0 Å². The van der Waals surface area contributed by atoms with Crippen LogP contribution in [0.5, 0.6) is 0 Å². The van der Waals surface area contributed by atoms with Gasteiger partial charge in [0.25, 0.3) is 5.91 Å². The van der Waals surface area contributed by atoms with Gasteiger partial charge in [0.15, 0.2) is 0 Å². The summed E-state index contributed by atoms with van der Waals surface area (Å²) in [6.45, 7) is 2.10. The number of morpholine rings is 1. The first-order valence-corrected chi connectivity index (χ1v) is 7.33. The van der Waals surface area contributed by atoms with Crippen LogP contribution in [-0.2, 0) is 9.53 Å². The SMILES string of the molecule is CN(C)C(=O)c1cccc(N2CCC3(CNC(=O)CO3)C2)n1. The maximum atomic E-state index is 12.0. The van der Waals surface area contributed by atoms with Crippen molar-refractivity contribution >= 4 is 17.6 Å². The van der Waals surface area contributed by atoms with E-state index in [1.165, 1.54) is 4.90 Å². The first-order valence-electron chi connectivity index (χ1n) is 7.33. The van der Waals surface area contributed by atoms with E-state index in [4.69, 9.17) is 4.74 Å². The molecular weight excluding hydrogens is 284 g/mol. The molecule has 0 aliphatic carbocycles. The van der Waals surface area contributed by atoms with Gasteiger partial charge in [0, 0.05) is 27.2 Å². The zero-order chi connectivity index (χ0) is 15.7. The van der Waals surface area contributed by atoms with Gasteiger partial charge in [0.05, 0.1) is 6.54 Å². The van der Waals surface area contributed by atoms with E-state index < -0.39 is 0 Å². The average Bonchev–Trinajstić information content (AvgIpc) is 2.94. The average molecular weight is 304 g/mol. The minimum Gasteiger partial charge on any atom is -0.361 e. The first-order chi connectivity index (χ1) is 10.5. The van der Waals surface area contributed by atoms with Crippen LogP contribution in [0, 0.1) is 0 Å². The van der Waals surface area contributed by atoms with Crippen LogP contribution >= 0.6 is 0 Å². The fourth-order valence-corrected chi connectivity index (χ4v) is 2.83. The Morgan fingerprint density at radius 2 is 2.27 bits per heavy atom. The Balaban J connectivity index is 1.74. The molecule has 1 unspecified atom stereocenters. The van der Waals surface area contributed by atoms with Crippen molar-refractivity contribution in [3.8, 4) is 0 Å². The molecule has 1 aromatic rings. The summed E-state index contributed by atoms with van der Waals surface area (Å²) in [5.41, 5.74) is 0.0956. The van der Waals surface area contributed by atoms with Crippen molar-refractivity contribution in [1.82, 2.24) is 15.2 Å². The van der Waals surface area contributed by atoms with Gasteiger partial charge in [-0.1, -0.05) is 6.07 Å². The number of anilines is 1. The maximum Gasteiger partial charge on any atom is 0.272 e. The lowest BCUT2D eigenvalue weighted by molar-refractivity contribution is -0.141. The molecule has 2 aliphatic rings. The number of amides is 2. The number of hydrogen-bond acceptors (Lipinski definition) is 5. The minimum absolute atomic E-state index is 0.0687. The van der Waals surface area contributed by atoms with Gasteiger partial charge >= 0.3 is 0 Å². The van der Waals surface area contributed by atoms with Gasteiger partial charge in [0.1, 0.15) is 23.7 Å². The molecule has 7 heteroatoms. The smallest absolute Gasteiger partial charge is 0.272 e. The Kier molecular flexibility index (Phi) is 3.74. The number of carbonyl (C=O) groups excluding carboxylic acids is 2. The van der Waals surface area contributed by atoms with Crippen LogP contribution in [0.15, 0.2) is 18.2 Å². The zero-order valence-electron chi connectivity index (χ0n) is 12.8. The van der Waals surface area contributed by atoms with Crippen LogP contribution in [-0.4, -0.2) is 67.6 Å². The summed E-state index contributed by atoms with van der Waals surface area (Å²) in [5, 5.41) is 2.86. The standard InChI is InChI=1S/C15H20N4O3/c1-18(2)14(21)11-4-3-5-12(17-11)19-7-6-15(10-19)9-16-13(20)8-22-15/h3-5H,6-10H2,1-2H3,(H,16,20). The highest BCUT2D eigenvalue weighted by Gasteiger charge is 2.42. The summed E-state index contributed by atoms with van der Waals surface area (Å²) >= 11 is 0. The number of rotatable bonds is 2. The molecule has 118 valence electrons. The fraction of sp³-hybridized carbons (Fsp3) is 0.533. The topological polar surface area (TPSA) is 74.8 Å². The van der Waals surface area contributed by atoms with E-state index in [1.54, 1.807) is 20.2 Å². The molecule has 0 aromatic carbocycles. The van der Waals surface area contributed by atoms with Gasteiger partial charge in [-0.25, -0.2) is 4.98 Å². The maximum absolute atomic E-state index is 12.0. The molecule has 3 heterocycles. The van der Waals surface area contributed by atoms with Crippen LogP contribution in [0.3, 0.4) is 0 Å². The molecule has 0 saturated carbocycles. The summed E-state index contributed by atoms with van der Waals surface area (Å²) in [6.07, 6.45) is 0.834. The summed E-state index contributed by atoms with van der Waals surface area (Å²) in [4.78, 5) is 31.3. The molecule has 1 atom stereocenters. The number of aromatic nitrogens is 1. The molecule has 2 fully saturated rings. The lowest BCUT2D eigenvalue weighted by Gasteiger charge is -2.33. The van der Waals surface area contributed by atoms with E-state index >= 15 is 0 Å². The highest BCUT2D eigenvalue weighted by Crippen LogP contribution is 2.29. The van der Waals surface area contributed by atoms with Crippen LogP contribution in [0.2, 0.25) is 0 Å². The normalized spacial score (nSPS) is 24.5. The van der Waals surface area contributed by atoms with E-state index in [1.807, 2.05) is 12.1 Å². The van der Waals surface area contributed by atoms with Crippen LogP contribution < -0.4 is 10.2 Å². The molecule has 0 bridgehead atoms. The number of hydrogen-bond donors (Lipinski definition) is 1.